The van der Waals surface area contributed by atoms with E-state index in [0.29, 0.717) is 5.69 Å². The Bertz CT molecular complexity index is 1380. The predicted octanol–water partition coefficient (Wildman–Crippen LogP) is 3.08. The summed E-state index contributed by atoms with van der Waals surface area (Å²) in [6.45, 7) is -0.324. The standard InChI is InChI=1S/C23H18F4N6O2/c24-14-4-1-3-13(10-28)19(14)15-9-17(20-16(30-15)11-29-21(20)34)33-8-5-18(31-33)32-7-2-6-22(35,12-32)23(25,26)27/h1,3-5,8-9,35H,2,6-7,11-12H2,(H,29,34)/t22-/m0/s1. The Morgan fingerprint density at radius 3 is 2.77 bits per heavy atom. The molecule has 3 aromatic rings. The van der Waals surface area contributed by atoms with Crippen molar-refractivity contribution in [1.29, 1.82) is 5.26 Å². The molecule has 35 heavy (non-hydrogen) atoms. The summed E-state index contributed by atoms with van der Waals surface area (Å²) in [4.78, 5) is 18.2. The van der Waals surface area contributed by atoms with Crippen molar-refractivity contribution >= 4 is 11.7 Å². The SMILES string of the molecule is N#Cc1cccc(F)c1-c1cc(-n2ccc(N3CCC[C@@](O)(C(F)(F)F)C3)n2)c2c(n1)CNC2=O. The highest BCUT2D eigenvalue weighted by Crippen LogP contribution is 2.38. The number of benzene rings is 1. The number of aromatic nitrogens is 3. The van der Waals surface area contributed by atoms with Gasteiger partial charge in [-0.3, -0.25) is 4.79 Å². The number of hydrogen-bond acceptors (Lipinski definition) is 6. The van der Waals surface area contributed by atoms with E-state index in [1.54, 1.807) is 0 Å². The first-order chi connectivity index (χ1) is 16.6. The molecule has 0 bridgehead atoms. The maximum absolute atomic E-state index is 14.7. The molecule has 2 aromatic heterocycles. The van der Waals surface area contributed by atoms with Gasteiger partial charge in [-0.15, -0.1) is 0 Å². The molecule has 2 aliphatic rings. The molecule has 0 saturated carbocycles. The van der Waals surface area contributed by atoms with E-state index in [0.717, 1.165) is 0 Å². The largest absolute Gasteiger partial charge is 0.418 e. The number of nitrogens with zero attached hydrogens (tertiary/aromatic N) is 5. The minimum Gasteiger partial charge on any atom is -0.379 e. The molecular weight excluding hydrogens is 468 g/mol. The molecule has 4 heterocycles. The highest BCUT2D eigenvalue weighted by molar-refractivity contribution is 6.01. The van der Waals surface area contributed by atoms with Gasteiger partial charge >= 0.3 is 6.18 Å². The molecule has 0 aliphatic carbocycles. The molecule has 180 valence electrons. The van der Waals surface area contributed by atoms with Crippen LogP contribution in [0.3, 0.4) is 0 Å². The van der Waals surface area contributed by atoms with Crippen LogP contribution < -0.4 is 10.2 Å². The average Bonchev–Trinajstić information content (AvgIpc) is 3.45. The average molecular weight is 486 g/mol. The topological polar surface area (TPSA) is 107 Å². The molecule has 8 nitrogen and oxygen atoms in total. The summed E-state index contributed by atoms with van der Waals surface area (Å²) in [5.74, 6) is -0.910. The fraction of sp³-hybridized carbons (Fsp3) is 0.304. The van der Waals surface area contributed by atoms with E-state index in [9.17, 15) is 32.7 Å². The summed E-state index contributed by atoms with van der Waals surface area (Å²) < 4.78 is 56.1. The van der Waals surface area contributed by atoms with Crippen LogP contribution in [0, 0.1) is 17.1 Å². The van der Waals surface area contributed by atoms with Crippen LogP contribution in [0.1, 0.15) is 34.5 Å². The van der Waals surface area contributed by atoms with Crippen molar-refractivity contribution in [3.05, 3.63) is 59.2 Å². The van der Waals surface area contributed by atoms with Crippen molar-refractivity contribution in [3.8, 4) is 23.0 Å². The molecule has 0 unspecified atom stereocenters. The molecular formula is C23H18F4N6O2. The molecule has 5 rings (SSSR count). The molecule has 2 N–H and O–H groups in total. The second kappa shape index (κ2) is 8.06. The van der Waals surface area contributed by atoms with Crippen LogP contribution in [0.4, 0.5) is 23.4 Å². The van der Waals surface area contributed by atoms with Crippen molar-refractivity contribution in [3.63, 3.8) is 0 Å². The van der Waals surface area contributed by atoms with Crippen molar-refractivity contribution in [1.82, 2.24) is 20.1 Å². The third-order valence-electron chi connectivity index (χ3n) is 6.25. The van der Waals surface area contributed by atoms with Crippen molar-refractivity contribution in [2.45, 2.75) is 31.2 Å². The third-order valence-corrected chi connectivity index (χ3v) is 6.25. The third kappa shape index (κ3) is 3.77. The van der Waals surface area contributed by atoms with Gasteiger partial charge in [0.25, 0.3) is 5.91 Å². The van der Waals surface area contributed by atoms with Crippen molar-refractivity contribution in [2.75, 3.05) is 18.0 Å². The zero-order chi connectivity index (χ0) is 25.0. The van der Waals surface area contributed by atoms with Crippen LogP contribution >= 0.6 is 0 Å². The maximum atomic E-state index is 14.7. The van der Waals surface area contributed by atoms with Gasteiger partial charge in [0.1, 0.15) is 5.82 Å². The Balaban J connectivity index is 1.58. The number of carbonyl (C=O) groups excluding carboxylic acids is 1. The number of piperidine rings is 1. The normalized spacial score (nSPS) is 19.9. The number of nitrogens with one attached hydrogen (secondary N) is 1. The van der Waals surface area contributed by atoms with Gasteiger partial charge in [-0.25, -0.2) is 14.1 Å². The second-order valence-corrected chi connectivity index (χ2v) is 8.48. The smallest absolute Gasteiger partial charge is 0.379 e. The van der Waals surface area contributed by atoms with E-state index in [1.807, 2.05) is 6.07 Å². The number of β-amino-alcohol motifs (C(OH)–C–C–N with tert-alkyl or cyclic N) is 1. The highest BCUT2D eigenvalue weighted by atomic mass is 19.4. The second-order valence-electron chi connectivity index (χ2n) is 8.48. The lowest BCUT2D eigenvalue weighted by Crippen LogP contribution is -2.57. The predicted molar refractivity (Wildman–Crippen MR) is 115 cm³/mol. The number of anilines is 1. The lowest BCUT2D eigenvalue weighted by Gasteiger charge is -2.40. The van der Waals surface area contributed by atoms with Crippen LogP contribution in [-0.4, -0.2) is 50.6 Å². The first-order valence-electron chi connectivity index (χ1n) is 10.7. The minimum absolute atomic E-state index is 0.0305. The number of pyridine rings is 1. The fourth-order valence-electron chi connectivity index (χ4n) is 4.48. The minimum atomic E-state index is -4.79. The van der Waals surface area contributed by atoms with Crippen molar-refractivity contribution in [2.24, 2.45) is 0 Å². The van der Waals surface area contributed by atoms with Crippen LogP contribution in [0.2, 0.25) is 0 Å². The lowest BCUT2D eigenvalue weighted by molar-refractivity contribution is -0.261. The number of aliphatic hydroxyl groups is 1. The van der Waals surface area contributed by atoms with Gasteiger partial charge in [-0.1, -0.05) is 6.07 Å². The Morgan fingerprint density at radius 2 is 2.03 bits per heavy atom. The number of alkyl halides is 3. The van der Waals surface area contributed by atoms with Gasteiger partial charge < -0.3 is 15.3 Å². The summed E-state index contributed by atoms with van der Waals surface area (Å²) >= 11 is 0. The Hall–Kier alpha value is -3.98. The van der Waals surface area contributed by atoms with Gasteiger partial charge in [0, 0.05) is 18.8 Å². The summed E-state index contributed by atoms with van der Waals surface area (Å²) in [6, 6.07) is 8.86. The van der Waals surface area contributed by atoms with Crippen LogP contribution in [-0.2, 0) is 6.54 Å². The van der Waals surface area contributed by atoms with Gasteiger partial charge in [0.15, 0.2) is 11.4 Å². The number of fused-ring (bicyclic) bond motifs is 1. The fourth-order valence-corrected chi connectivity index (χ4v) is 4.48. The molecule has 1 amide bonds. The van der Waals surface area contributed by atoms with Gasteiger partial charge in [0.2, 0.25) is 0 Å². The maximum Gasteiger partial charge on any atom is 0.418 e. The number of carbonyl (C=O) groups is 1. The van der Waals surface area contributed by atoms with E-state index >= 15 is 0 Å². The quantitative estimate of drug-likeness (QED) is 0.551. The molecule has 1 fully saturated rings. The monoisotopic (exact) mass is 486 g/mol. The Labute approximate surface area is 196 Å². The van der Waals surface area contributed by atoms with Crippen LogP contribution in [0.15, 0.2) is 36.5 Å². The van der Waals surface area contributed by atoms with E-state index in [-0.39, 0.29) is 53.4 Å². The molecule has 1 aromatic carbocycles. The molecule has 1 atom stereocenters. The lowest BCUT2D eigenvalue weighted by atomic mass is 9.92. The zero-order valence-corrected chi connectivity index (χ0v) is 18.1. The van der Waals surface area contributed by atoms with Gasteiger partial charge in [0.05, 0.1) is 52.9 Å². The molecule has 2 aliphatic heterocycles. The molecule has 0 spiro atoms. The van der Waals surface area contributed by atoms with E-state index in [2.05, 4.69) is 15.4 Å². The Morgan fingerprint density at radius 1 is 1.23 bits per heavy atom. The molecule has 12 heteroatoms. The van der Waals surface area contributed by atoms with Gasteiger partial charge in [-0.05, 0) is 31.0 Å². The summed E-state index contributed by atoms with van der Waals surface area (Å²) in [7, 11) is 0. The highest BCUT2D eigenvalue weighted by Gasteiger charge is 2.55. The number of halogens is 4. The summed E-state index contributed by atoms with van der Waals surface area (Å²) in [5, 5.41) is 26.6. The van der Waals surface area contributed by atoms with E-state index in [1.165, 1.54) is 46.1 Å². The molecule has 1 saturated heterocycles. The van der Waals surface area contributed by atoms with E-state index in [4.69, 9.17) is 0 Å². The molecule has 0 radical (unpaired) electrons. The van der Waals surface area contributed by atoms with Gasteiger partial charge in [-0.2, -0.15) is 23.5 Å². The number of hydrogen-bond donors (Lipinski definition) is 2. The summed E-state index contributed by atoms with van der Waals surface area (Å²) in [5.41, 5.74) is -1.94. The first-order valence-corrected chi connectivity index (χ1v) is 10.7. The number of rotatable bonds is 3. The first kappa shape index (κ1) is 22.8. The Kier molecular flexibility index (Phi) is 5.25. The van der Waals surface area contributed by atoms with Crippen LogP contribution in [0.5, 0.6) is 0 Å². The zero-order valence-electron chi connectivity index (χ0n) is 18.1. The van der Waals surface area contributed by atoms with Crippen LogP contribution in [0.25, 0.3) is 16.9 Å². The number of nitriles is 1. The van der Waals surface area contributed by atoms with E-state index < -0.39 is 36.5 Å². The number of amides is 1. The summed E-state index contributed by atoms with van der Waals surface area (Å²) in [6.07, 6.45) is -3.61. The van der Waals surface area contributed by atoms with Crippen molar-refractivity contribution < 1.29 is 27.5 Å².